The van der Waals surface area contributed by atoms with Gasteiger partial charge in [-0.15, -0.1) is 0 Å². The molecule has 0 aromatic carbocycles. The lowest BCUT2D eigenvalue weighted by atomic mass is 10.3. The predicted molar refractivity (Wildman–Crippen MR) is 37.0 cm³/mol. The molecule has 0 spiro atoms. The Morgan fingerprint density at radius 2 is 2.10 bits per heavy atom. The molecule has 1 heterocycles. The maximum absolute atomic E-state index is 2.16. The zero-order chi connectivity index (χ0) is 6.69. The molecule has 0 saturated heterocycles. The largest absolute Gasteiger partial charge is 1.00 e. The molecular formula is C8H12FN. The number of hydrogen-bond donors (Lipinski definition) is 0. The van der Waals surface area contributed by atoms with E-state index < -0.39 is 0 Å². The van der Waals surface area contributed by atoms with Crippen LogP contribution in [0.2, 0.25) is 0 Å². The maximum atomic E-state index is 2.16. The van der Waals surface area contributed by atoms with E-state index >= 15 is 0 Å². The first kappa shape index (κ1) is 9.08. The summed E-state index contributed by atoms with van der Waals surface area (Å²) in [5.74, 6) is 0. The average molecular weight is 141 g/mol. The highest BCUT2D eigenvalue weighted by Gasteiger charge is 1.97. The second-order valence-corrected chi connectivity index (χ2v) is 2.16. The van der Waals surface area contributed by atoms with Crippen molar-refractivity contribution >= 4 is 0 Å². The minimum absolute atomic E-state index is 0. The molecule has 0 atom stereocenters. The van der Waals surface area contributed by atoms with Gasteiger partial charge in [0.15, 0.2) is 11.9 Å². The van der Waals surface area contributed by atoms with Crippen molar-refractivity contribution in [3.8, 4) is 0 Å². The molecule has 0 fully saturated rings. The van der Waals surface area contributed by atoms with Crippen LogP contribution in [0.1, 0.15) is 12.6 Å². The van der Waals surface area contributed by atoms with Gasteiger partial charge >= 0.3 is 0 Å². The lowest BCUT2D eigenvalue weighted by Gasteiger charge is -1.91. The molecule has 0 saturated carbocycles. The van der Waals surface area contributed by atoms with Crippen molar-refractivity contribution in [1.82, 2.24) is 0 Å². The third-order valence-electron chi connectivity index (χ3n) is 1.52. The normalized spacial score (nSPS) is 8.60. The molecule has 0 amide bonds. The van der Waals surface area contributed by atoms with Crippen molar-refractivity contribution in [2.45, 2.75) is 13.3 Å². The summed E-state index contributed by atoms with van der Waals surface area (Å²) in [4.78, 5) is 0. The molecule has 1 nitrogen and oxygen atoms in total. The highest BCUT2D eigenvalue weighted by molar-refractivity contribution is 4.96. The van der Waals surface area contributed by atoms with E-state index in [-0.39, 0.29) is 4.70 Å². The highest BCUT2D eigenvalue weighted by atomic mass is 19.0. The molecule has 0 radical (unpaired) electrons. The molecule has 1 aromatic heterocycles. The molecule has 10 heavy (non-hydrogen) atoms. The fourth-order valence-corrected chi connectivity index (χ4v) is 0.926. The van der Waals surface area contributed by atoms with E-state index in [2.05, 4.69) is 36.9 Å². The van der Waals surface area contributed by atoms with Crippen molar-refractivity contribution in [2.24, 2.45) is 7.05 Å². The first-order valence-electron chi connectivity index (χ1n) is 3.28. The van der Waals surface area contributed by atoms with Crippen molar-refractivity contribution in [3.05, 3.63) is 30.1 Å². The molecule has 0 bridgehead atoms. The molecule has 0 unspecified atom stereocenters. The van der Waals surface area contributed by atoms with E-state index in [9.17, 15) is 0 Å². The Bertz CT molecular complexity index is 198. The standard InChI is InChI=1S/C8H12N.FH/c1-3-8-6-4-5-7-9(8)2;/h4-7H,3H2,1-2H3;1H/q+1;/p-1. The van der Waals surface area contributed by atoms with Gasteiger partial charge in [0.05, 0.1) is 0 Å². The molecule has 0 aliphatic carbocycles. The van der Waals surface area contributed by atoms with Crippen LogP contribution in [0, 0.1) is 0 Å². The lowest BCUT2D eigenvalue weighted by molar-refractivity contribution is -0.679. The van der Waals surface area contributed by atoms with Gasteiger partial charge in [-0.05, 0) is 0 Å². The van der Waals surface area contributed by atoms with Crippen LogP contribution in [0.25, 0.3) is 0 Å². The molecule has 1 aromatic rings. The van der Waals surface area contributed by atoms with E-state index in [1.54, 1.807) is 0 Å². The Labute approximate surface area is 60.7 Å². The molecule has 2 heteroatoms. The summed E-state index contributed by atoms with van der Waals surface area (Å²) >= 11 is 0. The number of hydrogen-bond acceptors (Lipinski definition) is 0. The topological polar surface area (TPSA) is 3.88 Å². The summed E-state index contributed by atoms with van der Waals surface area (Å²) in [7, 11) is 2.07. The van der Waals surface area contributed by atoms with Crippen LogP contribution in [0.3, 0.4) is 0 Å². The number of rotatable bonds is 1. The second-order valence-electron chi connectivity index (χ2n) is 2.16. The summed E-state index contributed by atoms with van der Waals surface area (Å²) in [6.07, 6.45) is 3.18. The molecule has 0 aliphatic rings. The molecule has 56 valence electrons. The van der Waals surface area contributed by atoms with E-state index in [0.29, 0.717) is 0 Å². The molecule has 0 N–H and O–H groups in total. The average Bonchev–Trinajstić information content (AvgIpc) is 1.89. The van der Waals surface area contributed by atoms with Gasteiger partial charge in [0.25, 0.3) is 0 Å². The van der Waals surface area contributed by atoms with E-state index in [1.807, 2.05) is 6.07 Å². The Balaban J connectivity index is 0.000000810. The molecule has 0 aliphatic heterocycles. The fraction of sp³-hybridized carbons (Fsp3) is 0.375. The van der Waals surface area contributed by atoms with Crippen LogP contribution in [0.5, 0.6) is 0 Å². The van der Waals surface area contributed by atoms with Gasteiger partial charge in [-0.2, -0.15) is 0 Å². The van der Waals surface area contributed by atoms with E-state index in [0.717, 1.165) is 6.42 Å². The zero-order valence-electron chi connectivity index (χ0n) is 6.34. The number of nitrogens with zero attached hydrogens (tertiary/aromatic N) is 1. The maximum Gasteiger partial charge on any atom is 0.180 e. The van der Waals surface area contributed by atoms with Crippen molar-refractivity contribution in [2.75, 3.05) is 0 Å². The monoisotopic (exact) mass is 141 g/mol. The summed E-state index contributed by atoms with van der Waals surface area (Å²) in [6, 6.07) is 6.25. The Hall–Kier alpha value is -0.920. The Morgan fingerprint density at radius 1 is 1.40 bits per heavy atom. The fourth-order valence-electron chi connectivity index (χ4n) is 0.926. The second kappa shape index (κ2) is 3.99. The quantitative estimate of drug-likeness (QED) is 0.401. The van der Waals surface area contributed by atoms with Crippen molar-refractivity contribution < 1.29 is 9.27 Å². The SMILES string of the molecule is CCc1cccc[n+]1C.[F-]. The van der Waals surface area contributed by atoms with Gasteiger partial charge in [-0.25, -0.2) is 4.57 Å². The summed E-state index contributed by atoms with van der Waals surface area (Å²) < 4.78 is 2.14. The summed E-state index contributed by atoms with van der Waals surface area (Å²) in [5.41, 5.74) is 1.37. The first-order chi connectivity index (χ1) is 4.34. The highest BCUT2D eigenvalue weighted by Crippen LogP contribution is 1.89. The van der Waals surface area contributed by atoms with Crippen LogP contribution >= 0.6 is 0 Å². The van der Waals surface area contributed by atoms with Crippen molar-refractivity contribution in [1.29, 1.82) is 0 Å². The summed E-state index contributed by atoms with van der Waals surface area (Å²) in [6.45, 7) is 2.16. The number of aromatic nitrogens is 1. The minimum atomic E-state index is 0. The zero-order valence-corrected chi connectivity index (χ0v) is 6.34. The van der Waals surface area contributed by atoms with Crippen LogP contribution in [0.4, 0.5) is 0 Å². The van der Waals surface area contributed by atoms with Gasteiger partial charge in [0.2, 0.25) is 0 Å². The van der Waals surface area contributed by atoms with E-state index in [1.165, 1.54) is 5.69 Å². The smallest absolute Gasteiger partial charge is 0.180 e. The van der Waals surface area contributed by atoms with Gasteiger partial charge < -0.3 is 4.70 Å². The number of aryl methyl sites for hydroxylation is 2. The van der Waals surface area contributed by atoms with Gasteiger partial charge in [-0.1, -0.05) is 13.0 Å². The first-order valence-corrected chi connectivity index (χ1v) is 3.28. The van der Waals surface area contributed by atoms with Crippen LogP contribution < -0.4 is 9.27 Å². The third kappa shape index (κ3) is 1.79. The number of pyridine rings is 1. The van der Waals surface area contributed by atoms with Gasteiger partial charge in [-0.3, -0.25) is 0 Å². The van der Waals surface area contributed by atoms with Crippen LogP contribution in [0.15, 0.2) is 24.4 Å². The Morgan fingerprint density at radius 3 is 2.50 bits per heavy atom. The summed E-state index contributed by atoms with van der Waals surface area (Å²) in [5, 5.41) is 0. The van der Waals surface area contributed by atoms with Crippen LogP contribution in [-0.4, -0.2) is 0 Å². The molecular weight excluding hydrogens is 129 g/mol. The Kier molecular flexibility index (Phi) is 3.62. The number of halogens is 1. The minimum Gasteiger partial charge on any atom is -1.00 e. The lowest BCUT2D eigenvalue weighted by Crippen LogP contribution is -3.00. The predicted octanol–water partition coefficient (Wildman–Crippen LogP) is -1.92. The third-order valence-corrected chi connectivity index (χ3v) is 1.52. The molecule has 1 rings (SSSR count). The van der Waals surface area contributed by atoms with Gasteiger partial charge in [0, 0.05) is 18.6 Å². The van der Waals surface area contributed by atoms with Crippen molar-refractivity contribution in [3.63, 3.8) is 0 Å². The van der Waals surface area contributed by atoms with E-state index in [4.69, 9.17) is 0 Å². The van der Waals surface area contributed by atoms with Gasteiger partial charge in [0.1, 0.15) is 7.05 Å². The van der Waals surface area contributed by atoms with Crippen LogP contribution in [-0.2, 0) is 13.5 Å².